The highest BCUT2D eigenvalue weighted by atomic mass is 16.6. The van der Waals surface area contributed by atoms with E-state index in [0.717, 1.165) is 50.8 Å². The standard InChI is InChI=1S/C25H42N2O2.C13H19N/c1-10-13-14-15-19(4)23(22(11-2)12-3)21(6)26-16-17-27(20(5)18-26)24(28)29-25(7,8)9;1-4-6-7-9-13(11-14)10-12(3)8-5-2/h11,13-15,20H,10,12,16-18H2,1-9H3;6-7,9-10H,4-5,8H2,1-3H3/b14-13+,19-15-,22-11-,23-21-;7-6+,12-10+,13-9+. The van der Waals surface area contributed by atoms with Gasteiger partial charge in [-0.15, -0.1) is 0 Å². The zero-order valence-electron chi connectivity index (χ0n) is 29.5. The number of amides is 1. The summed E-state index contributed by atoms with van der Waals surface area (Å²) in [6.07, 6.45) is 21.6. The minimum atomic E-state index is -0.465. The van der Waals surface area contributed by atoms with E-state index < -0.39 is 5.60 Å². The van der Waals surface area contributed by atoms with Crippen LogP contribution in [0.25, 0.3) is 0 Å². The normalized spacial score (nSPS) is 18.0. The molecule has 1 saturated heterocycles. The first kappa shape index (κ1) is 39.7. The predicted octanol–water partition coefficient (Wildman–Crippen LogP) is 10.6. The van der Waals surface area contributed by atoms with Crippen LogP contribution in [0.4, 0.5) is 4.79 Å². The SMILES string of the molecule is CC/C=C/C=C(C#N)\C=C(/C)CCC.C\C=C(CC)/C(C(/C)=C\C=C\CC)=C(/C)N1CCN(C(=O)OC(C)(C)C)C(C)C1. The molecule has 5 heteroatoms. The average Bonchev–Trinajstić information content (AvgIpc) is 2.94. The van der Waals surface area contributed by atoms with Crippen molar-refractivity contribution < 1.29 is 9.53 Å². The molecule has 0 aromatic heterocycles. The number of hydrogen-bond acceptors (Lipinski definition) is 4. The minimum absolute atomic E-state index is 0.106. The van der Waals surface area contributed by atoms with Crippen molar-refractivity contribution in [3.63, 3.8) is 0 Å². The van der Waals surface area contributed by atoms with Gasteiger partial charge in [0.1, 0.15) is 5.60 Å². The molecule has 1 atom stereocenters. The third-order valence-corrected chi connectivity index (χ3v) is 7.08. The molecule has 0 bridgehead atoms. The molecule has 0 aliphatic carbocycles. The maximum atomic E-state index is 12.5. The predicted molar refractivity (Wildman–Crippen MR) is 186 cm³/mol. The highest BCUT2D eigenvalue weighted by Gasteiger charge is 2.31. The first-order chi connectivity index (χ1) is 20.3. The molecule has 0 N–H and O–H groups in total. The van der Waals surface area contributed by atoms with Crippen molar-refractivity contribution in [2.24, 2.45) is 0 Å². The number of piperazine rings is 1. The maximum absolute atomic E-state index is 12.5. The van der Waals surface area contributed by atoms with Gasteiger partial charge in [-0.1, -0.05) is 76.1 Å². The summed E-state index contributed by atoms with van der Waals surface area (Å²) < 4.78 is 5.59. The van der Waals surface area contributed by atoms with E-state index >= 15 is 0 Å². The van der Waals surface area contributed by atoms with Gasteiger partial charge in [0.15, 0.2) is 0 Å². The van der Waals surface area contributed by atoms with Crippen LogP contribution >= 0.6 is 0 Å². The zero-order valence-corrected chi connectivity index (χ0v) is 29.5. The molecule has 1 amide bonds. The zero-order chi connectivity index (χ0) is 33.0. The van der Waals surface area contributed by atoms with Crippen LogP contribution in [-0.4, -0.2) is 47.2 Å². The van der Waals surface area contributed by atoms with Gasteiger partial charge < -0.3 is 14.5 Å². The molecule has 43 heavy (non-hydrogen) atoms. The second-order valence-electron chi connectivity index (χ2n) is 12.1. The largest absolute Gasteiger partial charge is 0.444 e. The second kappa shape index (κ2) is 21.4. The Hall–Kier alpha value is -3.26. The van der Waals surface area contributed by atoms with Crippen molar-refractivity contribution >= 4 is 6.09 Å². The van der Waals surface area contributed by atoms with Crippen molar-refractivity contribution in [1.29, 1.82) is 5.26 Å². The molecule has 0 spiro atoms. The van der Waals surface area contributed by atoms with E-state index in [1.807, 2.05) is 50.0 Å². The Labute approximate surface area is 265 Å². The lowest BCUT2D eigenvalue weighted by atomic mass is 9.93. The number of rotatable bonds is 11. The Morgan fingerprint density at radius 3 is 2.07 bits per heavy atom. The van der Waals surface area contributed by atoms with E-state index in [0.29, 0.717) is 6.54 Å². The number of carbonyl (C=O) groups excluding carboxylic acids is 1. The van der Waals surface area contributed by atoms with E-state index in [-0.39, 0.29) is 12.1 Å². The minimum Gasteiger partial charge on any atom is -0.444 e. The molecule has 1 fully saturated rings. The van der Waals surface area contributed by atoms with Crippen LogP contribution in [0.1, 0.15) is 115 Å². The Kier molecular flexibility index (Phi) is 19.8. The number of ether oxygens (including phenoxy) is 1. The van der Waals surface area contributed by atoms with Gasteiger partial charge >= 0.3 is 6.09 Å². The van der Waals surface area contributed by atoms with E-state index in [4.69, 9.17) is 10.00 Å². The summed E-state index contributed by atoms with van der Waals surface area (Å²) in [7, 11) is 0. The summed E-state index contributed by atoms with van der Waals surface area (Å²) in [6, 6.07) is 2.29. The van der Waals surface area contributed by atoms with Gasteiger partial charge in [-0.2, -0.15) is 5.26 Å². The Bertz CT molecular complexity index is 1120. The van der Waals surface area contributed by atoms with Crippen molar-refractivity contribution in [2.45, 2.75) is 127 Å². The molecule has 0 saturated carbocycles. The second-order valence-corrected chi connectivity index (χ2v) is 12.1. The van der Waals surface area contributed by atoms with E-state index in [1.165, 1.54) is 28.0 Å². The molecule has 1 heterocycles. The van der Waals surface area contributed by atoms with Gasteiger partial charge in [-0.3, -0.25) is 0 Å². The molecule has 5 nitrogen and oxygen atoms in total. The van der Waals surface area contributed by atoms with Crippen LogP contribution in [0.2, 0.25) is 0 Å². The molecule has 1 unspecified atom stereocenters. The first-order valence-corrected chi connectivity index (χ1v) is 16.2. The number of allylic oxidation sites excluding steroid dienone is 14. The van der Waals surface area contributed by atoms with Gasteiger partial charge in [-0.05, 0) is 110 Å². The highest BCUT2D eigenvalue weighted by Crippen LogP contribution is 2.29. The van der Waals surface area contributed by atoms with Crippen molar-refractivity contribution in [2.75, 3.05) is 19.6 Å². The smallest absolute Gasteiger partial charge is 0.410 e. The van der Waals surface area contributed by atoms with Crippen LogP contribution in [0, 0.1) is 11.3 Å². The third-order valence-electron chi connectivity index (χ3n) is 7.08. The van der Waals surface area contributed by atoms with Gasteiger partial charge in [0.2, 0.25) is 0 Å². The summed E-state index contributed by atoms with van der Waals surface area (Å²) in [6.45, 7) is 27.3. The van der Waals surface area contributed by atoms with Gasteiger partial charge in [0.05, 0.1) is 11.6 Å². The third kappa shape index (κ3) is 15.7. The topological polar surface area (TPSA) is 56.6 Å². The number of nitriles is 1. The van der Waals surface area contributed by atoms with E-state index in [1.54, 1.807) is 0 Å². The fourth-order valence-electron chi connectivity index (χ4n) is 4.90. The van der Waals surface area contributed by atoms with Gasteiger partial charge in [0, 0.05) is 31.4 Å². The fourth-order valence-corrected chi connectivity index (χ4v) is 4.90. The van der Waals surface area contributed by atoms with E-state index in [9.17, 15) is 4.79 Å². The molecule has 1 rings (SSSR count). The lowest BCUT2D eigenvalue weighted by Crippen LogP contribution is -2.54. The van der Waals surface area contributed by atoms with E-state index in [2.05, 4.69) is 97.6 Å². The summed E-state index contributed by atoms with van der Waals surface area (Å²) >= 11 is 0. The molecule has 0 aromatic carbocycles. The summed E-state index contributed by atoms with van der Waals surface area (Å²) in [5.74, 6) is 0. The van der Waals surface area contributed by atoms with Crippen LogP contribution < -0.4 is 0 Å². The Balaban J connectivity index is 0.00000106. The lowest BCUT2D eigenvalue weighted by Gasteiger charge is -2.42. The maximum Gasteiger partial charge on any atom is 0.410 e. The van der Waals surface area contributed by atoms with Crippen molar-refractivity contribution in [1.82, 2.24) is 9.80 Å². The molecular formula is C38H61N3O2. The quantitative estimate of drug-likeness (QED) is 0.177. The highest BCUT2D eigenvalue weighted by molar-refractivity contribution is 5.68. The van der Waals surface area contributed by atoms with Crippen LogP contribution in [0.3, 0.4) is 0 Å². The van der Waals surface area contributed by atoms with Gasteiger partial charge in [0.25, 0.3) is 0 Å². The number of nitrogens with zero attached hydrogens (tertiary/aromatic N) is 3. The number of carbonyl (C=O) groups is 1. The lowest BCUT2D eigenvalue weighted by molar-refractivity contribution is 0.00492. The van der Waals surface area contributed by atoms with Crippen molar-refractivity contribution in [3.05, 3.63) is 82.2 Å². The molecule has 240 valence electrons. The first-order valence-electron chi connectivity index (χ1n) is 16.2. The summed E-state index contributed by atoms with van der Waals surface area (Å²) in [4.78, 5) is 16.8. The van der Waals surface area contributed by atoms with Crippen molar-refractivity contribution in [3.8, 4) is 6.07 Å². The molecule has 0 radical (unpaired) electrons. The molecule has 1 aliphatic heterocycles. The van der Waals surface area contributed by atoms with Crippen LogP contribution in [0.15, 0.2) is 82.2 Å². The van der Waals surface area contributed by atoms with Crippen LogP contribution in [-0.2, 0) is 4.74 Å². The summed E-state index contributed by atoms with van der Waals surface area (Å²) in [5.41, 5.74) is 6.80. The summed E-state index contributed by atoms with van der Waals surface area (Å²) in [5, 5.41) is 8.85. The average molecular weight is 592 g/mol. The molecular weight excluding hydrogens is 530 g/mol. The number of hydrogen-bond donors (Lipinski definition) is 0. The van der Waals surface area contributed by atoms with Gasteiger partial charge in [-0.25, -0.2) is 4.79 Å². The Morgan fingerprint density at radius 2 is 1.60 bits per heavy atom. The Morgan fingerprint density at radius 1 is 1.00 bits per heavy atom. The monoisotopic (exact) mass is 591 g/mol. The fraction of sp³-hybridized carbons (Fsp3) is 0.579. The van der Waals surface area contributed by atoms with Crippen LogP contribution in [0.5, 0.6) is 0 Å². The molecule has 1 aliphatic rings. The molecule has 0 aromatic rings.